The van der Waals surface area contributed by atoms with Crippen LogP contribution >= 0.6 is 0 Å². The van der Waals surface area contributed by atoms with E-state index in [1.165, 1.54) is 30.3 Å². The van der Waals surface area contributed by atoms with E-state index in [0.717, 1.165) is 0 Å². The molecule has 2 aromatic carbocycles. The molecule has 0 aliphatic heterocycles. The molecule has 0 aliphatic rings. The molecule has 0 bridgehead atoms. The predicted octanol–water partition coefficient (Wildman–Crippen LogP) is 1.30. The molecule has 0 spiro atoms. The van der Waals surface area contributed by atoms with E-state index in [9.17, 15) is 13.5 Å². The second-order valence-corrected chi connectivity index (χ2v) is 5.74. The van der Waals surface area contributed by atoms with Crippen LogP contribution in [0, 0.1) is 5.39 Å². The number of sulfonamides is 1. The van der Waals surface area contributed by atoms with Crippen LogP contribution in [0.5, 0.6) is 5.75 Å². The molecule has 0 saturated carbocycles. The Morgan fingerprint density at radius 1 is 1.20 bits per heavy atom. The highest BCUT2D eigenvalue weighted by atomic mass is 32.2. The number of nitrogens with one attached hydrogen (secondary N) is 1. The van der Waals surface area contributed by atoms with Crippen molar-refractivity contribution in [3.63, 3.8) is 0 Å². The Morgan fingerprint density at radius 3 is 2.60 bits per heavy atom. The molecule has 8 heteroatoms. The lowest BCUT2D eigenvalue weighted by Crippen LogP contribution is -2.26. The first-order valence-corrected chi connectivity index (χ1v) is 7.20. The van der Waals surface area contributed by atoms with Gasteiger partial charge in [-0.1, -0.05) is 12.1 Å². The van der Waals surface area contributed by atoms with Crippen molar-refractivity contribution in [2.24, 2.45) is 0 Å². The summed E-state index contributed by atoms with van der Waals surface area (Å²) >= 11 is 0. The van der Waals surface area contributed by atoms with E-state index in [0.29, 0.717) is 5.39 Å². The largest absolute Gasteiger partial charge is 0.501 e. The van der Waals surface area contributed by atoms with Crippen LogP contribution in [0.3, 0.4) is 0 Å². The fourth-order valence-electron chi connectivity index (χ4n) is 1.87. The molecule has 3 N–H and O–H groups in total. The van der Waals surface area contributed by atoms with E-state index in [1.54, 1.807) is 0 Å². The van der Waals surface area contributed by atoms with Crippen LogP contribution < -0.4 is 4.72 Å². The fraction of sp³-hybridized carbons (Fsp3) is 0.167. The van der Waals surface area contributed by atoms with Gasteiger partial charge < -0.3 is 10.2 Å². The summed E-state index contributed by atoms with van der Waals surface area (Å²) in [6.07, 6.45) is 0. The van der Waals surface area contributed by atoms with Crippen molar-refractivity contribution >= 4 is 26.5 Å². The highest BCUT2D eigenvalue weighted by Gasteiger charge is 2.22. The first kappa shape index (κ1) is 14.2. The van der Waals surface area contributed by atoms with E-state index < -0.39 is 10.0 Å². The summed E-state index contributed by atoms with van der Waals surface area (Å²) in [7, 11) is -3.80. The number of nitrogens with zero attached hydrogens (tertiary/aromatic N) is 2. The molecule has 0 aliphatic carbocycles. The van der Waals surface area contributed by atoms with Gasteiger partial charge in [0.2, 0.25) is 21.2 Å². The molecule has 0 fully saturated rings. The summed E-state index contributed by atoms with van der Waals surface area (Å²) in [5, 5.41) is 27.9. The lowest BCUT2D eigenvalue weighted by Gasteiger charge is -2.08. The van der Waals surface area contributed by atoms with Gasteiger partial charge in [0.15, 0.2) is 4.98 Å². The number of aliphatic hydroxyl groups is 1. The number of diazo groups is 1. The van der Waals surface area contributed by atoms with Gasteiger partial charge in [-0.15, -0.1) is 0 Å². The molecule has 104 valence electrons. The summed E-state index contributed by atoms with van der Waals surface area (Å²) < 4.78 is 26.4. The smallest absolute Gasteiger partial charge is 0.426 e. The Labute approximate surface area is 115 Å². The number of phenols is 1. The monoisotopic (exact) mass is 294 g/mol. The van der Waals surface area contributed by atoms with E-state index >= 15 is 0 Å². The predicted molar refractivity (Wildman–Crippen MR) is 72.6 cm³/mol. The average Bonchev–Trinajstić information content (AvgIpc) is 2.45. The number of hydrogen-bond donors (Lipinski definition) is 3. The second-order valence-electron chi connectivity index (χ2n) is 4.01. The molecule has 0 aromatic heterocycles. The number of rotatable bonds is 4. The minimum Gasteiger partial charge on any atom is -0.501 e. The summed E-state index contributed by atoms with van der Waals surface area (Å²) in [6, 6.07) is 7.12. The molecule has 0 amide bonds. The van der Waals surface area contributed by atoms with E-state index in [4.69, 9.17) is 10.5 Å². The number of benzene rings is 2. The van der Waals surface area contributed by atoms with E-state index in [2.05, 4.69) is 9.70 Å². The quantitative estimate of drug-likeness (QED) is 0.735. The van der Waals surface area contributed by atoms with E-state index in [1.807, 2.05) is 0 Å². The molecule has 0 saturated heterocycles. The van der Waals surface area contributed by atoms with Gasteiger partial charge in [0.1, 0.15) is 0 Å². The maximum Gasteiger partial charge on any atom is 0.426 e. The van der Waals surface area contributed by atoms with Crippen LogP contribution in [0.1, 0.15) is 0 Å². The van der Waals surface area contributed by atoms with Crippen molar-refractivity contribution in [1.82, 2.24) is 4.72 Å². The summed E-state index contributed by atoms with van der Waals surface area (Å²) in [5.41, 5.74) is -0.0460. The molecule has 0 radical (unpaired) electrons. The van der Waals surface area contributed by atoms with Crippen LogP contribution in [0.15, 0.2) is 35.2 Å². The second kappa shape index (κ2) is 5.42. The van der Waals surface area contributed by atoms with Crippen LogP contribution in [0.2, 0.25) is 0 Å². The fourth-order valence-corrected chi connectivity index (χ4v) is 3.12. The maximum absolute atomic E-state index is 12.1. The summed E-state index contributed by atoms with van der Waals surface area (Å²) in [6.45, 7) is -0.419. The van der Waals surface area contributed by atoms with Crippen molar-refractivity contribution in [1.29, 1.82) is 5.39 Å². The van der Waals surface area contributed by atoms with Gasteiger partial charge in [-0.05, 0) is 12.1 Å². The molecular formula is C12H12N3O4S+. The van der Waals surface area contributed by atoms with Gasteiger partial charge in [0.25, 0.3) is 0 Å². The first-order valence-electron chi connectivity index (χ1n) is 5.71. The summed E-state index contributed by atoms with van der Waals surface area (Å²) in [4.78, 5) is 2.89. The van der Waals surface area contributed by atoms with Crippen LogP contribution in [-0.4, -0.2) is 31.8 Å². The lowest BCUT2D eigenvalue weighted by molar-refractivity contribution is 0.301. The highest BCUT2D eigenvalue weighted by molar-refractivity contribution is 7.89. The number of phenolic OH excluding ortho intramolecular Hbond substituents is 1. The standard InChI is InChI=1S/C12H11N3O4S/c13-15-10-5-4-8-9(12(10)17)2-1-3-11(8)20(18,19)14-6-7-16/h1-5,14,16H,6-7H2/p+1. The Bertz CT molecular complexity index is 796. The van der Waals surface area contributed by atoms with Crippen LogP contribution in [0.25, 0.3) is 15.7 Å². The number of fused-ring (bicyclic) bond motifs is 1. The first-order chi connectivity index (χ1) is 9.51. The molecule has 2 aromatic rings. The maximum atomic E-state index is 12.1. The van der Waals surface area contributed by atoms with Crippen molar-refractivity contribution in [2.45, 2.75) is 4.90 Å². The Morgan fingerprint density at radius 2 is 1.95 bits per heavy atom. The third-order valence-electron chi connectivity index (χ3n) is 2.77. The van der Waals surface area contributed by atoms with Gasteiger partial charge in [-0.3, -0.25) is 0 Å². The highest BCUT2D eigenvalue weighted by Crippen LogP contribution is 2.36. The van der Waals surface area contributed by atoms with Gasteiger partial charge in [0, 0.05) is 23.4 Å². The minimum absolute atomic E-state index is 0.0248. The van der Waals surface area contributed by atoms with Crippen molar-refractivity contribution < 1.29 is 18.6 Å². The molecular weight excluding hydrogens is 282 g/mol. The van der Waals surface area contributed by atoms with Gasteiger partial charge in [-0.25, -0.2) is 13.1 Å². The van der Waals surface area contributed by atoms with Crippen molar-refractivity contribution in [3.05, 3.63) is 35.3 Å². The minimum atomic E-state index is -3.80. The topological polar surface area (TPSA) is 115 Å². The van der Waals surface area contributed by atoms with Gasteiger partial charge >= 0.3 is 5.69 Å². The third-order valence-corrected chi connectivity index (χ3v) is 4.29. The van der Waals surface area contributed by atoms with E-state index in [-0.39, 0.29) is 34.9 Å². The molecule has 7 nitrogen and oxygen atoms in total. The number of aliphatic hydroxyl groups excluding tert-OH is 1. The van der Waals surface area contributed by atoms with Gasteiger partial charge in [0.05, 0.1) is 11.5 Å². The zero-order valence-electron chi connectivity index (χ0n) is 10.3. The lowest BCUT2D eigenvalue weighted by atomic mass is 10.1. The van der Waals surface area contributed by atoms with Crippen LogP contribution in [-0.2, 0) is 10.0 Å². The Balaban J connectivity index is 2.68. The SMILES string of the molecule is N#[N+]c1ccc2c(S(=O)(=O)NCCO)cccc2c1O. The zero-order chi connectivity index (χ0) is 14.8. The Kier molecular flexibility index (Phi) is 3.85. The molecule has 0 heterocycles. The number of hydrogen-bond acceptors (Lipinski definition) is 5. The zero-order valence-corrected chi connectivity index (χ0v) is 11.1. The molecule has 0 atom stereocenters. The van der Waals surface area contributed by atoms with Crippen molar-refractivity contribution in [3.8, 4) is 5.75 Å². The molecule has 2 rings (SSSR count). The Hall–Kier alpha value is -2.21. The molecule has 0 unspecified atom stereocenters. The van der Waals surface area contributed by atoms with Gasteiger partial charge in [-0.2, -0.15) is 0 Å². The average molecular weight is 294 g/mol. The summed E-state index contributed by atoms with van der Waals surface area (Å²) in [5.74, 6) is -0.302. The normalized spacial score (nSPS) is 11.4. The van der Waals surface area contributed by atoms with Crippen molar-refractivity contribution in [2.75, 3.05) is 13.2 Å². The third kappa shape index (κ3) is 2.42. The van der Waals surface area contributed by atoms with Crippen LogP contribution in [0.4, 0.5) is 5.69 Å². The number of aromatic hydroxyl groups is 1. The molecule has 20 heavy (non-hydrogen) atoms.